The fourth-order valence-electron chi connectivity index (χ4n) is 2.23. The van der Waals surface area contributed by atoms with Crippen molar-refractivity contribution in [2.75, 3.05) is 10.6 Å². The van der Waals surface area contributed by atoms with Gasteiger partial charge >= 0.3 is 0 Å². The van der Waals surface area contributed by atoms with E-state index in [-0.39, 0.29) is 11.8 Å². The molecule has 0 radical (unpaired) electrons. The van der Waals surface area contributed by atoms with E-state index in [0.717, 1.165) is 12.0 Å². The van der Waals surface area contributed by atoms with Gasteiger partial charge in [-0.25, -0.2) is 0 Å². The van der Waals surface area contributed by atoms with Gasteiger partial charge in [-0.3, -0.25) is 9.59 Å². The zero-order valence-corrected chi connectivity index (χ0v) is 13.8. The predicted octanol–water partition coefficient (Wildman–Crippen LogP) is 4.16. The normalized spacial score (nSPS) is 10.5. The Hall–Kier alpha value is -2.88. The van der Waals surface area contributed by atoms with Crippen LogP contribution in [0, 0.1) is 0 Å². The maximum absolute atomic E-state index is 12.1. The molecule has 0 unspecified atom stereocenters. The minimum atomic E-state index is -0.0874. The Morgan fingerprint density at radius 3 is 2.21 bits per heavy atom. The van der Waals surface area contributed by atoms with E-state index >= 15 is 0 Å². The van der Waals surface area contributed by atoms with Crippen LogP contribution in [0.1, 0.15) is 25.3 Å². The lowest BCUT2D eigenvalue weighted by atomic mass is 10.1. The summed E-state index contributed by atoms with van der Waals surface area (Å²) in [7, 11) is 0. The SMILES string of the molecule is CC/C=C/CC(=O)Nc1cccc(NC(=O)Cc2ccccc2)c1. The van der Waals surface area contributed by atoms with Crippen molar-refractivity contribution in [1.29, 1.82) is 0 Å². The molecule has 0 aromatic heterocycles. The van der Waals surface area contributed by atoms with Crippen molar-refractivity contribution in [3.8, 4) is 0 Å². The van der Waals surface area contributed by atoms with E-state index in [1.807, 2.05) is 49.4 Å². The number of carbonyl (C=O) groups excluding carboxylic acids is 2. The van der Waals surface area contributed by atoms with Gasteiger partial charge < -0.3 is 10.6 Å². The Morgan fingerprint density at radius 2 is 1.54 bits per heavy atom. The van der Waals surface area contributed by atoms with E-state index in [4.69, 9.17) is 0 Å². The molecule has 2 amide bonds. The van der Waals surface area contributed by atoms with Gasteiger partial charge in [-0.1, -0.05) is 55.5 Å². The topological polar surface area (TPSA) is 58.2 Å². The number of nitrogens with one attached hydrogen (secondary N) is 2. The van der Waals surface area contributed by atoms with Crippen molar-refractivity contribution in [3.05, 3.63) is 72.3 Å². The molecule has 0 aliphatic carbocycles. The molecular formula is C20H22N2O2. The van der Waals surface area contributed by atoms with Crippen LogP contribution in [0.5, 0.6) is 0 Å². The highest BCUT2D eigenvalue weighted by molar-refractivity contribution is 5.95. The van der Waals surface area contributed by atoms with Crippen molar-refractivity contribution in [2.45, 2.75) is 26.2 Å². The van der Waals surface area contributed by atoms with Gasteiger partial charge in [0.15, 0.2) is 0 Å². The summed E-state index contributed by atoms with van der Waals surface area (Å²) in [6, 6.07) is 16.7. The first-order valence-electron chi connectivity index (χ1n) is 8.06. The molecule has 24 heavy (non-hydrogen) atoms. The average Bonchev–Trinajstić information content (AvgIpc) is 2.56. The maximum atomic E-state index is 12.1. The lowest BCUT2D eigenvalue weighted by molar-refractivity contribution is -0.116. The molecule has 0 aliphatic rings. The van der Waals surface area contributed by atoms with E-state index in [2.05, 4.69) is 10.6 Å². The molecule has 2 aromatic carbocycles. The molecule has 0 saturated carbocycles. The third kappa shape index (κ3) is 6.08. The summed E-state index contributed by atoms with van der Waals surface area (Å²) >= 11 is 0. The molecule has 2 aromatic rings. The number of allylic oxidation sites excluding steroid dienone is 1. The number of amides is 2. The average molecular weight is 322 g/mol. The van der Waals surface area contributed by atoms with E-state index < -0.39 is 0 Å². The molecule has 0 atom stereocenters. The quantitative estimate of drug-likeness (QED) is 0.752. The highest BCUT2D eigenvalue weighted by Gasteiger charge is 2.05. The highest BCUT2D eigenvalue weighted by Crippen LogP contribution is 2.16. The van der Waals surface area contributed by atoms with E-state index in [0.29, 0.717) is 24.2 Å². The highest BCUT2D eigenvalue weighted by atomic mass is 16.2. The van der Waals surface area contributed by atoms with Crippen LogP contribution < -0.4 is 10.6 Å². The van der Waals surface area contributed by atoms with E-state index in [9.17, 15) is 9.59 Å². The molecule has 2 N–H and O–H groups in total. The molecule has 4 heteroatoms. The van der Waals surface area contributed by atoms with Crippen LogP contribution in [0.3, 0.4) is 0 Å². The predicted molar refractivity (Wildman–Crippen MR) is 97.9 cm³/mol. The third-order valence-corrected chi connectivity index (χ3v) is 3.34. The zero-order chi connectivity index (χ0) is 17.2. The standard InChI is InChI=1S/C20H22N2O2/c1-2-3-5-13-19(23)21-17-11-8-12-18(15-17)22-20(24)14-16-9-6-4-7-10-16/h3-12,15H,2,13-14H2,1H3,(H,21,23)(H,22,24)/b5-3+. The van der Waals surface area contributed by atoms with Crippen molar-refractivity contribution in [1.82, 2.24) is 0 Å². The number of hydrogen-bond acceptors (Lipinski definition) is 2. The van der Waals surface area contributed by atoms with E-state index in [1.54, 1.807) is 24.3 Å². The van der Waals surface area contributed by atoms with Crippen LogP contribution in [0.2, 0.25) is 0 Å². The van der Waals surface area contributed by atoms with Gasteiger partial charge in [-0.05, 0) is 30.2 Å². The van der Waals surface area contributed by atoms with Crippen LogP contribution >= 0.6 is 0 Å². The summed E-state index contributed by atoms with van der Waals surface area (Å²) < 4.78 is 0. The van der Waals surface area contributed by atoms with Crippen LogP contribution in [0.15, 0.2) is 66.7 Å². The Balaban J connectivity index is 1.91. The number of anilines is 2. The smallest absolute Gasteiger partial charge is 0.228 e. The largest absolute Gasteiger partial charge is 0.326 e. The minimum absolute atomic E-state index is 0.0764. The van der Waals surface area contributed by atoms with Crippen molar-refractivity contribution >= 4 is 23.2 Å². The van der Waals surface area contributed by atoms with Crippen LogP contribution in [0.25, 0.3) is 0 Å². The van der Waals surface area contributed by atoms with Crippen molar-refractivity contribution in [3.63, 3.8) is 0 Å². The molecule has 0 saturated heterocycles. The molecule has 0 spiro atoms. The number of hydrogen-bond donors (Lipinski definition) is 2. The Kier molecular flexibility index (Phi) is 6.77. The number of rotatable bonds is 7. The Labute approximate surface area is 142 Å². The summed E-state index contributed by atoms with van der Waals surface area (Å²) in [6.45, 7) is 2.02. The zero-order valence-electron chi connectivity index (χ0n) is 13.8. The molecule has 0 heterocycles. The summed E-state index contributed by atoms with van der Waals surface area (Å²) in [4.78, 5) is 23.9. The summed E-state index contributed by atoms with van der Waals surface area (Å²) in [5.74, 6) is -0.164. The molecular weight excluding hydrogens is 300 g/mol. The van der Waals surface area contributed by atoms with Gasteiger partial charge in [0.25, 0.3) is 0 Å². The maximum Gasteiger partial charge on any atom is 0.228 e. The molecule has 4 nitrogen and oxygen atoms in total. The van der Waals surface area contributed by atoms with Crippen LogP contribution in [0.4, 0.5) is 11.4 Å². The van der Waals surface area contributed by atoms with Crippen molar-refractivity contribution in [2.24, 2.45) is 0 Å². The van der Waals surface area contributed by atoms with Gasteiger partial charge in [0, 0.05) is 17.8 Å². The van der Waals surface area contributed by atoms with Gasteiger partial charge in [0.05, 0.1) is 6.42 Å². The Bertz CT molecular complexity index is 709. The first kappa shape index (κ1) is 17.5. The second-order valence-corrected chi connectivity index (χ2v) is 5.42. The lowest BCUT2D eigenvalue weighted by Crippen LogP contribution is -2.15. The molecule has 2 rings (SSSR count). The van der Waals surface area contributed by atoms with Gasteiger partial charge in [0.1, 0.15) is 0 Å². The van der Waals surface area contributed by atoms with Crippen LogP contribution in [-0.2, 0) is 16.0 Å². The van der Waals surface area contributed by atoms with Gasteiger partial charge in [-0.15, -0.1) is 0 Å². The first-order chi connectivity index (χ1) is 11.7. The van der Waals surface area contributed by atoms with Crippen LogP contribution in [-0.4, -0.2) is 11.8 Å². The molecule has 124 valence electrons. The number of benzene rings is 2. The minimum Gasteiger partial charge on any atom is -0.326 e. The van der Waals surface area contributed by atoms with Gasteiger partial charge in [0.2, 0.25) is 11.8 Å². The summed E-state index contributed by atoms with van der Waals surface area (Å²) in [5, 5.41) is 5.67. The monoisotopic (exact) mass is 322 g/mol. The Morgan fingerprint density at radius 1 is 0.875 bits per heavy atom. The van der Waals surface area contributed by atoms with Crippen molar-refractivity contribution < 1.29 is 9.59 Å². The second kappa shape index (κ2) is 9.30. The molecule has 0 aliphatic heterocycles. The van der Waals surface area contributed by atoms with Gasteiger partial charge in [-0.2, -0.15) is 0 Å². The fourth-order valence-corrected chi connectivity index (χ4v) is 2.23. The third-order valence-electron chi connectivity index (χ3n) is 3.34. The summed E-state index contributed by atoms with van der Waals surface area (Å²) in [6.07, 6.45) is 5.38. The first-order valence-corrected chi connectivity index (χ1v) is 8.06. The van der Waals surface area contributed by atoms with E-state index in [1.165, 1.54) is 0 Å². The fraction of sp³-hybridized carbons (Fsp3) is 0.200. The number of carbonyl (C=O) groups is 2. The second-order valence-electron chi connectivity index (χ2n) is 5.42. The lowest BCUT2D eigenvalue weighted by Gasteiger charge is -2.08. The summed E-state index contributed by atoms with van der Waals surface area (Å²) in [5.41, 5.74) is 2.29. The molecule has 0 fully saturated rings. The molecule has 0 bridgehead atoms.